The van der Waals surface area contributed by atoms with Crippen molar-refractivity contribution in [3.8, 4) is 0 Å². The Balaban J connectivity index is 1.19. The minimum absolute atomic E-state index is 0.255. The number of piperazine rings is 1. The number of anilines is 3. The van der Waals surface area contributed by atoms with Gasteiger partial charge in [-0.2, -0.15) is 0 Å². The highest BCUT2D eigenvalue weighted by molar-refractivity contribution is 7.80. The number of nitrogens with zero attached hydrogens (tertiary/aromatic N) is 2. The van der Waals surface area contributed by atoms with E-state index in [0.717, 1.165) is 48.4 Å². The second-order valence-electron chi connectivity index (χ2n) is 8.75. The molecule has 1 fully saturated rings. The Bertz CT molecular complexity index is 1170. The van der Waals surface area contributed by atoms with E-state index in [-0.39, 0.29) is 6.04 Å². The molecule has 1 aliphatic rings. The first-order chi connectivity index (χ1) is 17.3. The number of nitrogens with one attached hydrogen (secondary N) is 2. The average molecular weight is 479 g/mol. The van der Waals surface area contributed by atoms with Gasteiger partial charge in [-0.3, -0.25) is 4.90 Å². The van der Waals surface area contributed by atoms with Crippen molar-refractivity contribution in [3.63, 3.8) is 0 Å². The molecule has 5 rings (SSSR count). The Morgan fingerprint density at radius 3 is 1.57 bits per heavy atom. The van der Waals surface area contributed by atoms with Gasteiger partial charge in [-0.15, -0.1) is 0 Å². The van der Waals surface area contributed by atoms with Gasteiger partial charge in [0.15, 0.2) is 5.11 Å². The van der Waals surface area contributed by atoms with Gasteiger partial charge in [-0.25, -0.2) is 0 Å². The Morgan fingerprint density at radius 1 is 0.571 bits per heavy atom. The van der Waals surface area contributed by atoms with E-state index in [1.165, 1.54) is 11.1 Å². The number of hydrogen-bond donors (Lipinski definition) is 2. The topological polar surface area (TPSA) is 30.5 Å². The van der Waals surface area contributed by atoms with E-state index in [4.69, 9.17) is 12.2 Å². The van der Waals surface area contributed by atoms with Gasteiger partial charge in [-0.1, -0.05) is 78.9 Å². The van der Waals surface area contributed by atoms with Crippen LogP contribution in [0.5, 0.6) is 0 Å². The zero-order valence-corrected chi connectivity index (χ0v) is 20.5. The molecular weight excluding hydrogens is 448 g/mol. The lowest BCUT2D eigenvalue weighted by Crippen LogP contribution is -2.50. The molecule has 1 heterocycles. The molecule has 2 N–H and O–H groups in total. The Labute approximate surface area is 213 Å². The van der Waals surface area contributed by atoms with Gasteiger partial charge in [0.25, 0.3) is 0 Å². The Kier molecular flexibility index (Phi) is 7.37. The first-order valence-electron chi connectivity index (χ1n) is 12.1. The molecule has 0 radical (unpaired) electrons. The lowest BCUT2D eigenvalue weighted by molar-refractivity contribution is 0.151. The van der Waals surface area contributed by atoms with Crippen LogP contribution in [0.1, 0.15) is 17.2 Å². The summed E-state index contributed by atoms with van der Waals surface area (Å²) in [5.74, 6) is 0. The van der Waals surface area contributed by atoms with E-state index in [1.54, 1.807) is 0 Å². The highest BCUT2D eigenvalue weighted by Gasteiger charge is 2.27. The maximum atomic E-state index is 5.77. The van der Waals surface area contributed by atoms with Crippen molar-refractivity contribution in [1.82, 2.24) is 9.80 Å². The second-order valence-corrected chi connectivity index (χ2v) is 9.13. The third-order valence-corrected chi connectivity index (χ3v) is 6.76. The molecule has 0 saturated carbocycles. The largest absolute Gasteiger partial charge is 0.356 e. The molecule has 0 bridgehead atoms. The van der Waals surface area contributed by atoms with E-state index in [9.17, 15) is 0 Å². The SMILES string of the molecule is S=C(Nc1ccc(Nc2ccccc2)cc1)N1CCN(C(c2ccccc2)c2ccccc2)CC1. The maximum Gasteiger partial charge on any atom is 0.173 e. The van der Waals surface area contributed by atoms with Gasteiger partial charge >= 0.3 is 0 Å². The molecule has 0 atom stereocenters. The van der Waals surface area contributed by atoms with Gasteiger partial charge in [-0.05, 0) is 59.7 Å². The average Bonchev–Trinajstić information content (AvgIpc) is 2.92. The Morgan fingerprint density at radius 2 is 1.03 bits per heavy atom. The first kappa shape index (κ1) is 23.1. The van der Waals surface area contributed by atoms with Gasteiger partial charge in [0.1, 0.15) is 0 Å². The van der Waals surface area contributed by atoms with Crippen molar-refractivity contribution < 1.29 is 0 Å². The molecule has 0 aliphatic carbocycles. The lowest BCUT2D eigenvalue weighted by Gasteiger charge is -2.40. The molecule has 4 nitrogen and oxygen atoms in total. The van der Waals surface area contributed by atoms with Crippen molar-refractivity contribution in [2.24, 2.45) is 0 Å². The van der Waals surface area contributed by atoms with Crippen LogP contribution in [0.3, 0.4) is 0 Å². The third-order valence-electron chi connectivity index (χ3n) is 6.40. The quantitative estimate of drug-likeness (QED) is 0.308. The Hall–Kier alpha value is -3.67. The van der Waals surface area contributed by atoms with Crippen molar-refractivity contribution in [2.75, 3.05) is 36.8 Å². The highest BCUT2D eigenvalue weighted by atomic mass is 32.1. The maximum absolute atomic E-state index is 5.77. The number of rotatable bonds is 6. The molecule has 1 aliphatic heterocycles. The van der Waals surface area contributed by atoms with Crippen LogP contribution in [0.25, 0.3) is 0 Å². The van der Waals surface area contributed by atoms with E-state index in [1.807, 2.05) is 18.2 Å². The predicted molar refractivity (Wildman–Crippen MR) is 150 cm³/mol. The van der Waals surface area contributed by atoms with E-state index >= 15 is 0 Å². The normalized spacial score (nSPS) is 14.0. The van der Waals surface area contributed by atoms with Gasteiger partial charge in [0, 0.05) is 43.2 Å². The van der Waals surface area contributed by atoms with Gasteiger partial charge < -0.3 is 15.5 Å². The summed E-state index contributed by atoms with van der Waals surface area (Å²) in [6, 6.07) is 40.3. The second kappa shape index (κ2) is 11.2. The van der Waals surface area contributed by atoms with Crippen molar-refractivity contribution in [1.29, 1.82) is 0 Å². The van der Waals surface area contributed by atoms with Crippen LogP contribution in [0.15, 0.2) is 115 Å². The van der Waals surface area contributed by atoms with Crippen molar-refractivity contribution >= 4 is 34.4 Å². The third kappa shape index (κ3) is 5.88. The summed E-state index contributed by atoms with van der Waals surface area (Å²) in [6.07, 6.45) is 0. The van der Waals surface area contributed by atoms with E-state index in [2.05, 4.69) is 117 Å². The molecule has 5 heteroatoms. The minimum Gasteiger partial charge on any atom is -0.356 e. The smallest absolute Gasteiger partial charge is 0.173 e. The minimum atomic E-state index is 0.255. The molecule has 4 aromatic carbocycles. The number of benzene rings is 4. The molecule has 176 valence electrons. The standard InChI is InChI=1S/C30H30N4S/c35-30(32-28-18-16-27(17-19-28)31-26-14-8-3-9-15-26)34-22-20-33(21-23-34)29(24-10-4-1-5-11-24)25-12-6-2-7-13-25/h1-19,29,31H,20-23H2,(H,32,35). The van der Waals surface area contributed by atoms with Crippen LogP contribution in [0, 0.1) is 0 Å². The van der Waals surface area contributed by atoms with Crippen LogP contribution in [-0.2, 0) is 0 Å². The fourth-order valence-corrected chi connectivity index (χ4v) is 4.90. The van der Waals surface area contributed by atoms with Crippen molar-refractivity contribution in [3.05, 3.63) is 126 Å². The fraction of sp³-hybridized carbons (Fsp3) is 0.167. The van der Waals surface area contributed by atoms with Crippen LogP contribution in [0.4, 0.5) is 17.1 Å². The molecule has 35 heavy (non-hydrogen) atoms. The van der Waals surface area contributed by atoms with Crippen LogP contribution < -0.4 is 10.6 Å². The predicted octanol–water partition coefficient (Wildman–Crippen LogP) is 6.53. The van der Waals surface area contributed by atoms with E-state index < -0.39 is 0 Å². The summed E-state index contributed by atoms with van der Waals surface area (Å²) < 4.78 is 0. The molecular formula is C30H30N4S. The van der Waals surface area contributed by atoms with E-state index in [0.29, 0.717) is 0 Å². The number of hydrogen-bond acceptors (Lipinski definition) is 3. The zero-order valence-electron chi connectivity index (χ0n) is 19.7. The summed E-state index contributed by atoms with van der Waals surface area (Å²) in [4.78, 5) is 4.84. The lowest BCUT2D eigenvalue weighted by atomic mass is 9.96. The fourth-order valence-electron chi connectivity index (χ4n) is 4.60. The highest BCUT2D eigenvalue weighted by Crippen LogP contribution is 2.29. The molecule has 4 aromatic rings. The molecule has 0 amide bonds. The summed E-state index contributed by atoms with van der Waals surface area (Å²) in [5.41, 5.74) is 5.79. The first-order valence-corrected chi connectivity index (χ1v) is 12.5. The molecule has 0 aromatic heterocycles. The summed E-state index contributed by atoms with van der Waals surface area (Å²) in [7, 11) is 0. The molecule has 0 unspecified atom stereocenters. The van der Waals surface area contributed by atoms with Gasteiger partial charge in [0.05, 0.1) is 6.04 Å². The van der Waals surface area contributed by atoms with Crippen molar-refractivity contribution in [2.45, 2.75) is 6.04 Å². The molecule has 1 saturated heterocycles. The summed E-state index contributed by atoms with van der Waals surface area (Å²) in [6.45, 7) is 3.71. The number of para-hydroxylation sites is 1. The monoisotopic (exact) mass is 478 g/mol. The van der Waals surface area contributed by atoms with Crippen LogP contribution >= 0.6 is 12.2 Å². The summed E-state index contributed by atoms with van der Waals surface area (Å²) in [5, 5.41) is 7.62. The zero-order chi connectivity index (χ0) is 23.9. The number of thiocarbonyl (C=S) groups is 1. The summed E-state index contributed by atoms with van der Waals surface area (Å²) >= 11 is 5.77. The molecule has 0 spiro atoms. The van der Waals surface area contributed by atoms with Crippen LogP contribution in [0.2, 0.25) is 0 Å². The van der Waals surface area contributed by atoms with Crippen LogP contribution in [-0.4, -0.2) is 41.1 Å². The van der Waals surface area contributed by atoms with Gasteiger partial charge in [0.2, 0.25) is 0 Å².